The molecule has 0 aliphatic heterocycles. The van der Waals surface area contributed by atoms with Crippen LogP contribution in [-0.4, -0.2) is 0 Å². The molecule has 64 valence electrons. The Kier molecular flexibility index (Phi) is 2.92. The molecule has 0 spiro atoms. The molecule has 0 saturated carbocycles. The van der Waals surface area contributed by atoms with Crippen LogP contribution >= 0.6 is 0 Å². The molecule has 0 atom stereocenters. The fourth-order valence-corrected chi connectivity index (χ4v) is 0.911. The average molecular weight is 161 g/mol. The Morgan fingerprint density at radius 1 is 1.17 bits per heavy atom. The molecule has 1 nitrogen and oxygen atoms in total. The Bertz CT molecular complexity index is 257. The van der Waals surface area contributed by atoms with Gasteiger partial charge in [-0.15, -0.1) is 0 Å². The molecule has 0 saturated heterocycles. The van der Waals surface area contributed by atoms with Crippen LogP contribution in [0.25, 0.3) is 6.08 Å². The summed E-state index contributed by atoms with van der Waals surface area (Å²) in [4.78, 5) is 0. The zero-order chi connectivity index (χ0) is 8.97. The van der Waals surface area contributed by atoms with Gasteiger partial charge in [-0.05, 0) is 23.6 Å². The lowest BCUT2D eigenvalue weighted by molar-refractivity contribution is 0.836. The Labute approximate surface area is 73.9 Å². The number of rotatable bonds is 2. The summed E-state index contributed by atoms with van der Waals surface area (Å²) in [6.45, 7) is 4.32. The minimum atomic E-state index is 0.600. The molecule has 2 N–H and O–H groups in total. The Morgan fingerprint density at radius 3 is 2.25 bits per heavy atom. The number of allylic oxidation sites excluding steroid dienone is 1. The number of hydrogen-bond acceptors (Lipinski definition) is 1. The van der Waals surface area contributed by atoms with E-state index >= 15 is 0 Å². The fraction of sp³-hybridized carbons (Fsp3) is 0.273. The predicted octanol–water partition coefficient (Wildman–Crippen LogP) is 2.94. The van der Waals surface area contributed by atoms with E-state index in [0.29, 0.717) is 5.92 Å². The summed E-state index contributed by atoms with van der Waals surface area (Å²) in [5.41, 5.74) is 7.58. The van der Waals surface area contributed by atoms with Gasteiger partial charge in [-0.2, -0.15) is 0 Å². The molecule has 1 heteroatoms. The van der Waals surface area contributed by atoms with Crippen LogP contribution in [0.1, 0.15) is 19.4 Å². The largest absolute Gasteiger partial charge is 0.399 e. The Hall–Kier alpha value is -1.24. The van der Waals surface area contributed by atoms with Gasteiger partial charge in [0.15, 0.2) is 0 Å². The fourth-order valence-electron chi connectivity index (χ4n) is 0.911. The summed E-state index contributed by atoms with van der Waals surface area (Å²) < 4.78 is 0. The van der Waals surface area contributed by atoms with Crippen molar-refractivity contribution in [1.82, 2.24) is 0 Å². The molecule has 1 rings (SSSR count). The third-order valence-corrected chi connectivity index (χ3v) is 1.61. The minimum absolute atomic E-state index is 0.600. The Morgan fingerprint density at radius 2 is 1.75 bits per heavy atom. The quantitative estimate of drug-likeness (QED) is 0.663. The molecule has 0 heterocycles. The smallest absolute Gasteiger partial charge is 0.0314 e. The van der Waals surface area contributed by atoms with Crippen LogP contribution in [-0.2, 0) is 0 Å². The molecule has 0 aromatic heterocycles. The molecule has 0 unspecified atom stereocenters. The molecule has 0 radical (unpaired) electrons. The van der Waals surface area contributed by atoms with E-state index in [1.165, 1.54) is 5.56 Å². The standard InChI is InChI=1S/C11H15N/c1-9(2)3-4-10-5-7-11(12)8-6-10/h3-9H,12H2,1-2H3/b4-3+. The maximum absolute atomic E-state index is 5.56. The average Bonchev–Trinajstić information content (AvgIpc) is 2.03. The van der Waals surface area contributed by atoms with E-state index < -0.39 is 0 Å². The molecule has 0 aliphatic rings. The third kappa shape index (κ3) is 2.79. The van der Waals surface area contributed by atoms with Crippen molar-refractivity contribution >= 4 is 11.8 Å². The summed E-state index contributed by atoms with van der Waals surface area (Å²) in [6, 6.07) is 7.88. The lowest BCUT2D eigenvalue weighted by atomic mass is 10.1. The van der Waals surface area contributed by atoms with E-state index in [2.05, 4.69) is 26.0 Å². The van der Waals surface area contributed by atoms with Crippen LogP contribution in [0.2, 0.25) is 0 Å². The zero-order valence-electron chi connectivity index (χ0n) is 7.62. The highest BCUT2D eigenvalue weighted by Gasteiger charge is 1.87. The van der Waals surface area contributed by atoms with Crippen LogP contribution in [0, 0.1) is 5.92 Å². The molecular formula is C11H15N. The summed E-state index contributed by atoms with van der Waals surface area (Å²) in [7, 11) is 0. The van der Waals surface area contributed by atoms with Gasteiger partial charge < -0.3 is 5.73 Å². The van der Waals surface area contributed by atoms with Crippen molar-refractivity contribution in [1.29, 1.82) is 0 Å². The van der Waals surface area contributed by atoms with Crippen molar-refractivity contribution in [2.75, 3.05) is 5.73 Å². The molecular weight excluding hydrogens is 146 g/mol. The first-order valence-electron chi connectivity index (χ1n) is 4.22. The van der Waals surface area contributed by atoms with Crippen LogP contribution in [0.4, 0.5) is 5.69 Å². The Balaban J connectivity index is 2.71. The first-order chi connectivity index (χ1) is 5.68. The monoisotopic (exact) mass is 161 g/mol. The second-order valence-electron chi connectivity index (χ2n) is 3.27. The normalized spacial score (nSPS) is 11.2. The van der Waals surface area contributed by atoms with Crippen LogP contribution in [0.15, 0.2) is 30.3 Å². The van der Waals surface area contributed by atoms with Crippen molar-refractivity contribution in [3.05, 3.63) is 35.9 Å². The van der Waals surface area contributed by atoms with Crippen molar-refractivity contribution in [2.24, 2.45) is 5.92 Å². The first-order valence-corrected chi connectivity index (χ1v) is 4.22. The number of hydrogen-bond donors (Lipinski definition) is 1. The highest BCUT2D eigenvalue weighted by molar-refractivity contribution is 5.53. The second-order valence-corrected chi connectivity index (χ2v) is 3.27. The van der Waals surface area contributed by atoms with Gasteiger partial charge >= 0.3 is 0 Å². The predicted molar refractivity (Wildman–Crippen MR) is 54.7 cm³/mol. The first kappa shape index (κ1) is 8.85. The van der Waals surface area contributed by atoms with Gasteiger partial charge in [0, 0.05) is 5.69 Å². The molecule has 1 aromatic rings. The van der Waals surface area contributed by atoms with Crippen LogP contribution < -0.4 is 5.73 Å². The van der Waals surface area contributed by atoms with Gasteiger partial charge in [0.1, 0.15) is 0 Å². The summed E-state index contributed by atoms with van der Waals surface area (Å²) in [6.07, 6.45) is 4.29. The number of nitrogens with two attached hydrogens (primary N) is 1. The number of anilines is 1. The van der Waals surface area contributed by atoms with Crippen LogP contribution in [0.3, 0.4) is 0 Å². The van der Waals surface area contributed by atoms with Gasteiger partial charge in [0.25, 0.3) is 0 Å². The van der Waals surface area contributed by atoms with E-state index in [0.717, 1.165) is 5.69 Å². The van der Waals surface area contributed by atoms with Crippen LogP contribution in [0.5, 0.6) is 0 Å². The van der Waals surface area contributed by atoms with E-state index in [4.69, 9.17) is 5.73 Å². The lowest BCUT2D eigenvalue weighted by Gasteiger charge is -1.96. The molecule has 1 aromatic carbocycles. The van der Waals surface area contributed by atoms with Gasteiger partial charge in [-0.3, -0.25) is 0 Å². The number of nitrogen functional groups attached to an aromatic ring is 1. The topological polar surface area (TPSA) is 26.0 Å². The van der Waals surface area contributed by atoms with Crippen molar-refractivity contribution in [2.45, 2.75) is 13.8 Å². The van der Waals surface area contributed by atoms with E-state index in [1.54, 1.807) is 0 Å². The highest BCUT2D eigenvalue weighted by Crippen LogP contribution is 2.08. The minimum Gasteiger partial charge on any atom is -0.399 e. The third-order valence-electron chi connectivity index (χ3n) is 1.61. The molecule has 12 heavy (non-hydrogen) atoms. The SMILES string of the molecule is CC(C)/C=C/c1ccc(N)cc1. The van der Waals surface area contributed by atoms with Gasteiger partial charge in [0.05, 0.1) is 0 Å². The summed E-state index contributed by atoms with van der Waals surface area (Å²) in [5, 5.41) is 0. The van der Waals surface area contributed by atoms with E-state index in [1.807, 2.05) is 24.3 Å². The van der Waals surface area contributed by atoms with E-state index in [-0.39, 0.29) is 0 Å². The van der Waals surface area contributed by atoms with Crippen molar-refractivity contribution in [3.63, 3.8) is 0 Å². The molecule has 0 bridgehead atoms. The molecule has 0 aliphatic carbocycles. The summed E-state index contributed by atoms with van der Waals surface area (Å²) >= 11 is 0. The lowest BCUT2D eigenvalue weighted by Crippen LogP contribution is -1.83. The zero-order valence-corrected chi connectivity index (χ0v) is 7.62. The second kappa shape index (κ2) is 3.96. The van der Waals surface area contributed by atoms with Crippen molar-refractivity contribution in [3.8, 4) is 0 Å². The van der Waals surface area contributed by atoms with Gasteiger partial charge in [-0.1, -0.05) is 38.1 Å². The summed E-state index contributed by atoms with van der Waals surface area (Å²) in [5.74, 6) is 0.600. The molecule has 0 amide bonds. The molecule has 0 fully saturated rings. The van der Waals surface area contributed by atoms with Crippen molar-refractivity contribution < 1.29 is 0 Å². The highest BCUT2D eigenvalue weighted by atomic mass is 14.5. The number of benzene rings is 1. The maximum Gasteiger partial charge on any atom is 0.0314 e. The van der Waals surface area contributed by atoms with Gasteiger partial charge in [0.2, 0.25) is 0 Å². The van der Waals surface area contributed by atoms with Gasteiger partial charge in [-0.25, -0.2) is 0 Å². The van der Waals surface area contributed by atoms with E-state index in [9.17, 15) is 0 Å². The maximum atomic E-state index is 5.56.